The Morgan fingerprint density at radius 2 is 1.61 bits per heavy atom. The van der Waals surface area contributed by atoms with Gasteiger partial charge in [0.25, 0.3) is 0 Å². The monoisotopic (exact) mass is 441 g/mol. The van der Waals surface area contributed by atoms with Gasteiger partial charge in [-0.1, -0.05) is 30.3 Å². The molecule has 0 spiro atoms. The molecule has 1 heterocycles. The van der Waals surface area contributed by atoms with E-state index in [0.717, 1.165) is 23.7 Å². The maximum Gasteiger partial charge on any atom is 0.319 e. The van der Waals surface area contributed by atoms with Crippen molar-refractivity contribution in [2.24, 2.45) is 5.73 Å². The van der Waals surface area contributed by atoms with Crippen LogP contribution in [-0.2, 0) is 9.59 Å². The lowest BCUT2D eigenvalue weighted by Crippen LogP contribution is -2.51. The summed E-state index contributed by atoms with van der Waals surface area (Å²) in [5.41, 5.74) is 6.95. The first-order valence-corrected chi connectivity index (χ1v) is 11.1. The van der Waals surface area contributed by atoms with Crippen LogP contribution in [0.3, 0.4) is 0 Å². The van der Waals surface area contributed by atoms with E-state index >= 15 is 0 Å². The molecular formula is C22H27N5O3S. The van der Waals surface area contributed by atoms with Crippen LogP contribution in [0.25, 0.3) is 0 Å². The second-order valence-corrected chi connectivity index (χ2v) is 8.21. The Balaban J connectivity index is 1.43. The number of benzene rings is 2. The molecule has 0 bridgehead atoms. The number of nitrogens with one attached hydrogen (secondary N) is 2. The number of urea groups is 1. The van der Waals surface area contributed by atoms with Crippen molar-refractivity contribution in [2.45, 2.75) is 11.3 Å². The number of rotatable bonds is 8. The summed E-state index contributed by atoms with van der Waals surface area (Å²) in [5.74, 6) is 0.0640. The first kappa shape index (κ1) is 22.5. The summed E-state index contributed by atoms with van der Waals surface area (Å²) in [6, 6.07) is 17.0. The van der Waals surface area contributed by atoms with Crippen LogP contribution in [0.15, 0.2) is 59.5 Å². The molecule has 31 heavy (non-hydrogen) atoms. The standard InChI is InChI=1S/C22H27N5O3S/c23-20(28)10-15-31-19-9-5-4-8-18(19)25-22(30)24-16-21(29)27-13-11-26(12-14-27)17-6-2-1-3-7-17/h1-9H,10-16H2,(H2,23,28)(H2,24,25,30). The van der Waals surface area contributed by atoms with Gasteiger partial charge in [0, 0.05) is 48.9 Å². The summed E-state index contributed by atoms with van der Waals surface area (Å²) in [6.45, 7) is 2.70. The zero-order valence-electron chi connectivity index (χ0n) is 17.3. The molecule has 9 heteroatoms. The molecule has 8 nitrogen and oxygen atoms in total. The SMILES string of the molecule is NC(=O)CCSc1ccccc1NC(=O)NCC(=O)N1CCN(c2ccccc2)CC1. The molecule has 0 aliphatic carbocycles. The smallest absolute Gasteiger partial charge is 0.319 e. The molecule has 0 radical (unpaired) electrons. The Kier molecular flexibility index (Phi) is 8.17. The van der Waals surface area contributed by atoms with Gasteiger partial charge in [-0.3, -0.25) is 9.59 Å². The number of primary amides is 1. The Hall–Kier alpha value is -3.20. The van der Waals surface area contributed by atoms with Gasteiger partial charge in [0.05, 0.1) is 12.2 Å². The normalized spacial score (nSPS) is 13.5. The van der Waals surface area contributed by atoms with Crippen LogP contribution < -0.4 is 21.3 Å². The van der Waals surface area contributed by atoms with Gasteiger partial charge in [0.1, 0.15) is 0 Å². The lowest BCUT2D eigenvalue weighted by Gasteiger charge is -2.36. The number of amides is 4. The molecular weight excluding hydrogens is 414 g/mol. The summed E-state index contributed by atoms with van der Waals surface area (Å²) in [4.78, 5) is 40.5. The van der Waals surface area contributed by atoms with Crippen molar-refractivity contribution in [3.8, 4) is 0 Å². The fourth-order valence-electron chi connectivity index (χ4n) is 3.24. The predicted octanol–water partition coefficient (Wildman–Crippen LogP) is 2.12. The molecule has 2 aromatic carbocycles. The van der Waals surface area contributed by atoms with Crippen molar-refractivity contribution in [1.29, 1.82) is 0 Å². The number of anilines is 2. The van der Waals surface area contributed by atoms with Crippen LogP contribution >= 0.6 is 11.8 Å². The third-order valence-electron chi connectivity index (χ3n) is 4.90. The Bertz CT molecular complexity index is 901. The number of carbonyl (C=O) groups is 3. The van der Waals surface area contributed by atoms with Gasteiger partial charge in [0.15, 0.2) is 0 Å². The first-order chi connectivity index (χ1) is 15.0. The highest BCUT2D eigenvalue weighted by molar-refractivity contribution is 7.99. The molecule has 0 atom stereocenters. The minimum absolute atomic E-state index is 0.0614. The number of carbonyl (C=O) groups excluding carboxylic acids is 3. The first-order valence-electron chi connectivity index (χ1n) is 10.2. The number of nitrogens with zero attached hydrogens (tertiary/aromatic N) is 2. The fourth-order valence-corrected chi connectivity index (χ4v) is 4.22. The third kappa shape index (κ3) is 6.92. The van der Waals surface area contributed by atoms with E-state index in [2.05, 4.69) is 27.7 Å². The number of hydrogen-bond donors (Lipinski definition) is 3. The molecule has 164 valence electrons. The van der Waals surface area contributed by atoms with Crippen LogP contribution in [0.1, 0.15) is 6.42 Å². The van der Waals surface area contributed by atoms with Gasteiger partial charge in [-0.05, 0) is 24.3 Å². The number of para-hydroxylation sites is 2. The molecule has 0 saturated carbocycles. The number of hydrogen-bond acceptors (Lipinski definition) is 5. The fraction of sp³-hybridized carbons (Fsp3) is 0.318. The predicted molar refractivity (Wildman–Crippen MR) is 123 cm³/mol. The molecule has 3 rings (SSSR count). The van der Waals surface area contributed by atoms with E-state index in [0.29, 0.717) is 24.5 Å². The van der Waals surface area contributed by atoms with Crippen molar-refractivity contribution in [2.75, 3.05) is 48.7 Å². The average molecular weight is 442 g/mol. The van der Waals surface area contributed by atoms with Crippen LogP contribution in [0, 0.1) is 0 Å². The molecule has 4 N–H and O–H groups in total. The summed E-state index contributed by atoms with van der Waals surface area (Å²) < 4.78 is 0. The van der Waals surface area contributed by atoms with Crippen molar-refractivity contribution in [3.05, 3.63) is 54.6 Å². The highest BCUT2D eigenvalue weighted by Gasteiger charge is 2.21. The van der Waals surface area contributed by atoms with Gasteiger partial charge in [-0.15, -0.1) is 11.8 Å². The van der Waals surface area contributed by atoms with E-state index < -0.39 is 6.03 Å². The van der Waals surface area contributed by atoms with Crippen molar-refractivity contribution in [1.82, 2.24) is 10.2 Å². The number of piperazine rings is 1. The molecule has 2 aromatic rings. The lowest BCUT2D eigenvalue weighted by molar-refractivity contribution is -0.130. The molecule has 0 aromatic heterocycles. The van der Waals surface area contributed by atoms with Crippen molar-refractivity contribution >= 4 is 41.0 Å². The van der Waals surface area contributed by atoms with Crippen molar-refractivity contribution < 1.29 is 14.4 Å². The van der Waals surface area contributed by atoms with E-state index in [-0.39, 0.29) is 24.8 Å². The highest BCUT2D eigenvalue weighted by Crippen LogP contribution is 2.27. The zero-order chi connectivity index (χ0) is 22.1. The van der Waals surface area contributed by atoms with Crippen LogP contribution in [-0.4, -0.2) is 61.2 Å². The third-order valence-corrected chi connectivity index (χ3v) is 5.97. The van der Waals surface area contributed by atoms with Gasteiger partial charge < -0.3 is 26.2 Å². The Morgan fingerprint density at radius 1 is 0.935 bits per heavy atom. The Labute approximate surface area is 186 Å². The van der Waals surface area contributed by atoms with Gasteiger partial charge in [-0.2, -0.15) is 0 Å². The Morgan fingerprint density at radius 3 is 2.32 bits per heavy atom. The molecule has 1 aliphatic heterocycles. The molecule has 1 aliphatic rings. The minimum atomic E-state index is -0.445. The van der Waals surface area contributed by atoms with Gasteiger partial charge in [0.2, 0.25) is 11.8 Å². The number of thioether (sulfide) groups is 1. The minimum Gasteiger partial charge on any atom is -0.370 e. The van der Waals surface area contributed by atoms with E-state index in [9.17, 15) is 14.4 Å². The largest absolute Gasteiger partial charge is 0.370 e. The van der Waals surface area contributed by atoms with Gasteiger partial charge in [-0.25, -0.2) is 4.79 Å². The van der Waals surface area contributed by atoms with Crippen LogP contribution in [0.4, 0.5) is 16.2 Å². The molecule has 0 unspecified atom stereocenters. The van der Waals surface area contributed by atoms with Crippen LogP contribution in [0.2, 0.25) is 0 Å². The topological polar surface area (TPSA) is 108 Å². The maximum atomic E-state index is 12.5. The highest BCUT2D eigenvalue weighted by atomic mass is 32.2. The second-order valence-electron chi connectivity index (χ2n) is 7.07. The zero-order valence-corrected chi connectivity index (χ0v) is 18.1. The van der Waals surface area contributed by atoms with E-state index in [1.165, 1.54) is 11.8 Å². The molecule has 1 saturated heterocycles. The average Bonchev–Trinajstić information content (AvgIpc) is 2.79. The summed E-state index contributed by atoms with van der Waals surface area (Å²) >= 11 is 1.44. The summed E-state index contributed by atoms with van der Waals surface area (Å²) in [6.07, 6.45) is 0.261. The van der Waals surface area contributed by atoms with Gasteiger partial charge >= 0.3 is 6.03 Å². The summed E-state index contributed by atoms with van der Waals surface area (Å²) in [7, 11) is 0. The number of nitrogens with two attached hydrogens (primary N) is 1. The maximum absolute atomic E-state index is 12.5. The summed E-state index contributed by atoms with van der Waals surface area (Å²) in [5, 5.41) is 5.40. The molecule has 4 amide bonds. The van der Waals surface area contributed by atoms with E-state index in [1.807, 2.05) is 36.4 Å². The van der Waals surface area contributed by atoms with E-state index in [4.69, 9.17) is 5.73 Å². The quantitative estimate of drug-likeness (QED) is 0.544. The lowest BCUT2D eigenvalue weighted by atomic mass is 10.2. The van der Waals surface area contributed by atoms with Crippen LogP contribution in [0.5, 0.6) is 0 Å². The molecule has 1 fully saturated rings. The van der Waals surface area contributed by atoms with Crippen molar-refractivity contribution in [3.63, 3.8) is 0 Å². The second kappa shape index (κ2) is 11.3. The van der Waals surface area contributed by atoms with E-state index in [1.54, 1.807) is 11.0 Å².